The first-order valence-corrected chi connectivity index (χ1v) is 8.91. The molecule has 0 aliphatic rings. The van der Waals surface area contributed by atoms with Crippen molar-refractivity contribution in [3.63, 3.8) is 0 Å². The monoisotopic (exact) mass is 401 g/mol. The molecule has 0 unspecified atom stereocenters. The molecule has 0 saturated heterocycles. The number of nitrogens with zero attached hydrogens (tertiary/aromatic N) is 1. The first-order valence-electron chi connectivity index (χ1n) is 8.91. The van der Waals surface area contributed by atoms with Gasteiger partial charge in [0.25, 0.3) is 5.91 Å². The van der Waals surface area contributed by atoms with Gasteiger partial charge in [-0.25, -0.2) is 0 Å². The van der Waals surface area contributed by atoms with Crippen molar-refractivity contribution in [2.24, 2.45) is 0 Å². The van der Waals surface area contributed by atoms with Gasteiger partial charge in [0.1, 0.15) is 28.9 Å². The van der Waals surface area contributed by atoms with E-state index < -0.39 is 11.9 Å². The minimum atomic E-state index is -1.28. The maximum absolute atomic E-state index is 12.4. The summed E-state index contributed by atoms with van der Waals surface area (Å²) in [5.74, 6) is -0.525. The Labute approximate surface area is 172 Å². The maximum atomic E-state index is 12.4. The second kappa shape index (κ2) is 8.80. The minimum Gasteiger partial charge on any atom is -0.545 e. The van der Waals surface area contributed by atoms with Crippen molar-refractivity contribution in [3.05, 3.63) is 77.1 Å². The number of nitrogens with one attached hydrogen (secondary N) is 1. The van der Waals surface area contributed by atoms with E-state index in [0.29, 0.717) is 28.3 Å². The van der Waals surface area contributed by atoms with E-state index >= 15 is 0 Å². The largest absolute Gasteiger partial charge is 0.545 e. The molecule has 0 atom stereocenters. The lowest BCUT2D eigenvalue weighted by atomic mass is 10.0. The van der Waals surface area contributed by atoms with Gasteiger partial charge < -0.3 is 24.4 Å². The van der Waals surface area contributed by atoms with E-state index in [-0.39, 0.29) is 16.9 Å². The Kier molecular flexibility index (Phi) is 5.99. The molecule has 7 heteroatoms. The molecule has 1 heterocycles. The third-order valence-corrected chi connectivity index (χ3v) is 4.45. The highest BCUT2D eigenvalue weighted by Crippen LogP contribution is 2.28. The number of hydrogen-bond donors (Lipinski definition) is 1. The molecule has 1 amide bonds. The number of nitriles is 1. The van der Waals surface area contributed by atoms with Gasteiger partial charge in [-0.1, -0.05) is 18.2 Å². The molecule has 2 aromatic carbocycles. The summed E-state index contributed by atoms with van der Waals surface area (Å²) in [6.07, 6.45) is 1.32. The molecule has 0 aliphatic heterocycles. The molecule has 0 aliphatic carbocycles. The van der Waals surface area contributed by atoms with Gasteiger partial charge in [0.2, 0.25) is 0 Å². The number of carbonyl (C=O) groups is 2. The van der Waals surface area contributed by atoms with Crippen LogP contribution in [0.5, 0.6) is 5.75 Å². The highest BCUT2D eigenvalue weighted by atomic mass is 16.5. The molecule has 1 aromatic heterocycles. The average Bonchev–Trinajstić information content (AvgIpc) is 3.20. The summed E-state index contributed by atoms with van der Waals surface area (Å²) in [5, 5.41) is 23.2. The van der Waals surface area contributed by atoms with E-state index in [1.165, 1.54) is 19.3 Å². The number of benzene rings is 2. The Balaban J connectivity index is 1.83. The second-order valence-electron chi connectivity index (χ2n) is 6.32. The third kappa shape index (κ3) is 4.39. The molecular weight excluding hydrogens is 384 g/mol. The van der Waals surface area contributed by atoms with Gasteiger partial charge >= 0.3 is 0 Å². The van der Waals surface area contributed by atoms with Gasteiger partial charge in [0.05, 0.1) is 13.1 Å². The first-order chi connectivity index (χ1) is 14.4. The van der Waals surface area contributed by atoms with Crippen molar-refractivity contribution in [1.29, 1.82) is 5.26 Å². The lowest BCUT2D eigenvalue weighted by Gasteiger charge is -2.10. The van der Waals surface area contributed by atoms with Crippen LogP contribution in [0.15, 0.2) is 64.6 Å². The molecule has 150 valence electrons. The number of carboxylic acid groups (broad SMARTS) is 1. The quantitative estimate of drug-likeness (QED) is 0.501. The maximum Gasteiger partial charge on any atom is 0.266 e. The van der Waals surface area contributed by atoms with Crippen molar-refractivity contribution in [1.82, 2.24) is 0 Å². The highest BCUT2D eigenvalue weighted by molar-refractivity contribution is 6.09. The summed E-state index contributed by atoms with van der Waals surface area (Å²) in [6, 6.07) is 16.5. The number of furan rings is 1. The van der Waals surface area contributed by atoms with Crippen LogP contribution < -0.4 is 15.2 Å². The van der Waals surface area contributed by atoms with Gasteiger partial charge in [0, 0.05) is 22.9 Å². The van der Waals surface area contributed by atoms with Gasteiger partial charge in [-0.2, -0.15) is 5.26 Å². The van der Waals surface area contributed by atoms with Crippen molar-refractivity contribution >= 4 is 23.6 Å². The number of rotatable bonds is 6. The molecule has 30 heavy (non-hydrogen) atoms. The van der Waals surface area contributed by atoms with Crippen molar-refractivity contribution < 1.29 is 23.8 Å². The fraction of sp³-hybridized carbons (Fsp3) is 0.0870. The SMILES string of the molecule is COc1ccc(NC(=O)/C(C#N)=C/c2ccc(-c3cccc(C(=O)[O-])c3C)o2)cc1. The Bertz CT molecular complexity index is 1170. The number of aromatic carboxylic acids is 1. The van der Waals surface area contributed by atoms with Gasteiger partial charge in [0.15, 0.2) is 0 Å². The van der Waals surface area contributed by atoms with Gasteiger partial charge in [-0.15, -0.1) is 0 Å². The van der Waals surface area contributed by atoms with E-state index in [2.05, 4.69) is 5.32 Å². The number of ether oxygens (including phenoxy) is 1. The summed E-state index contributed by atoms with van der Waals surface area (Å²) in [7, 11) is 1.54. The smallest absolute Gasteiger partial charge is 0.266 e. The molecular formula is C23H17N2O5-. The van der Waals surface area contributed by atoms with E-state index in [9.17, 15) is 20.0 Å². The summed E-state index contributed by atoms with van der Waals surface area (Å²) < 4.78 is 10.8. The molecule has 0 spiro atoms. The lowest BCUT2D eigenvalue weighted by Crippen LogP contribution is -2.23. The molecule has 3 aromatic rings. The lowest BCUT2D eigenvalue weighted by molar-refractivity contribution is -0.255. The van der Waals surface area contributed by atoms with Crippen LogP contribution in [0.2, 0.25) is 0 Å². The molecule has 3 rings (SSSR count). The van der Waals surface area contributed by atoms with Crippen LogP contribution in [-0.4, -0.2) is 19.0 Å². The minimum absolute atomic E-state index is 0.0672. The van der Waals surface area contributed by atoms with Crippen LogP contribution in [0.25, 0.3) is 17.4 Å². The number of anilines is 1. The number of amides is 1. The van der Waals surface area contributed by atoms with Gasteiger partial charge in [-0.05, 0) is 48.9 Å². The predicted octanol–water partition coefficient (Wildman–Crippen LogP) is 3.17. The van der Waals surface area contributed by atoms with E-state index in [1.807, 2.05) is 6.07 Å². The summed E-state index contributed by atoms with van der Waals surface area (Å²) in [6.45, 7) is 1.65. The zero-order valence-corrected chi connectivity index (χ0v) is 16.3. The summed E-state index contributed by atoms with van der Waals surface area (Å²) >= 11 is 0. The zero-order valence-electron chi connectivity index (χ0n) is 16.3. The van der Waals surface area contributed by atoms with Crippen LogP contribution in [0, 0.1) is 18.3 Å². The predicted molar refractivity (Wildman–Crippen MR) is 108 cm³/mol. The second-order valence-corrected chi connectivity index (χ2v) is 6.32. The van der Waals surface area contributed by atoms with Crippen LogP contribution >= 0.6 is 0 Å². The van der Waals surface area contributed by atoms with E-state index in [0.717, 1.165) is 0 Å². The Hall–Kier alpha value is -4.31. The number of hydrogen-bond acceptors (Lipinski definition) is 6. The Morgan fingerprint density at radius 1 is 1.13 bits per heavy atom. The van der Waals surface area contributed by atoms with Crippen LogP contribution in [-0.2, 0) is 4.79 Å². The normalized spacial score (nSPS) is 10.9. The molecule has 0 fully saturated rings. The van der Waals surface area contributed by atoms with Crippen LogP contribution in [0.4, 0.5) is 5.69 Å². The number of carbonyl (C=O) groups excluding carboxylic acids is 2. The Morgan fingerprint density at radius 3 is 2.50 bits per heavy atom. The molecule has 0 saturated carbocycles. The molecule has 0 radical (unpaired) electrons. The summed E-state index contributed by atoms with van der Waals surface area (Å²) in [4.78, 5) is 23.6. The fourth-order valence-electron chi connectivity index (χ4n) is 2.86. The van der Waals surface area contributed by atoms with Gasteiger partial charge in [-0.3, -0.25) is 4.79 Å². The highest BCUT2D eigenvalue weighted by Gasteiger charge is 2.13. The fourth-order valence-corrected chi connectivity index (χ4v) is 2.86. The first kappa shape index (κ1) is 20.4. The van der Waals surface area contributed by atoms with E-state index in [4.69, 9.17) is 9.15 Å². The molecule has 0 bridgehead atoms. The van der Waals surface area contributed by atoms with Crippen LogP contribution in [0.1, 0.15) is 21.7 Å². The zero-order chi connectivity index (χ0) is 21.7. The topological polar surface area (TPSA) is 115 Å². The summed E-state index contributed by atoms with van der Waals surface area (Å²) in [5.41, 5.74) is 1.51. The van der Waals surface area contributed by atoms with Crippen molar-refractivity contribution in [3.8, 4) is 23.1 Å². The Morgan fingerprint density at radius 2 is 1.87 bits per heavy atom. The standard InChI is InChI=1S/C23H18N2O5/c1-14-19(4-3-5-20(14)23(27)28)21-11-10-18(30-21)12-15(13-24)22(26)25-16-6-8-17(29-2)9-7-16/h3-12H,1-2H3,(H,25,26)(H,27,28)/p-1/b15-12+. The van der Waals surface area contributed by atoms with Crippen LogP contribution in [0.3, 0.4) is 0 Å². The third-order valence-electron chi connectivity index (χ3n) is 4.45. The number of carboxylic acids is 1. The molecule has 7 nitrogen and oxygen atoms in total. The van der Waals surface area contributed by atoms with Crippen molar-refractivity contribution in [2.45, 2.75) is 6.92 Å². The number of methoxy groups -OCH3 is 1. The van der Waals surface area contributed by atoms with Crippen molar-refractivity contribution in [2.75, 3.05) is 12.4 Å². The average molecular weight is 401 g/mol. The van der Waals surface area contributed by atoms with E-state index in [1.54, 1.807) is 55.5 Å². The molecule has 1 N–H and O–H groups in total.